The summed E-state index contributed by atoms with van der Waals surface area (Å²) in [6.07, 6.45) is 0. The maximum absolute atomic E-state index is 11.8. The standard InChI is InChI=1S/C16H13ClN2O5/c1-10-6-7-11(8-14(10)19(22)23)18-15(20)9-24-16(21)12-4-2-3-5-13(12)17/h2-8H,9H2,1H3,(H,18,20). The van der Waals surface area contributed by atoms with Gasteiger partial charge >= 0.3 is 5.97 Å². The molecule has 0 saturated carbocycles. The molecule has 0 bridgehead atoms. The molecule has 0 aliphatic rings. The highest BCUT2D eigenvalue weighted by atomic mass is 35.5. The predicted molar refractivity (Wildman–Crippen MR) is 88.2 cm³/mol. The zero-order valence-electron chi connectivity index (χ0n) is 12.6. The third kappa shape index (κ3) is 4.30. The second-order valence-corrected chi connectivity index (χ2v) is 5.27. The topological polar surface area (TPSA) is 98.5 Å². The number of rotatable bonds is 5. The van der Waals surface area contributed by atoms with E-state index in [1.807, 2.05) is 0 Å². The second kappa shape index (κ2) is 7.56. The van der Waals surface area contributed by atoms with Crippen molar-refractivity contribution in [2.75, 3.05) is 11.9 Å². The number of nitrogens with one attached hydrogen (secondary N) is 1. The van der Waals surface area contributed by atoms with Crippen molar-refractivity contribution in [1.82, 2.24) is 0 Å². The van der Waals surface area contributed by atoms with Crippen LogP contribution in [0.4, 0.5) is 11.4 Å². The van der Waals surface area contributed by atoms with Crippen LogP contribution < -0.4 is 5.32 Å². The van der Waals surface area contributed by atoms with Crippen molar-refractivity contribution < 1.29 is 19.2 Å². The first-order valence-corrected chi connectivity index (χ1v) is 7.23. The molecular formula is C16H13ClN2O5. The molecule has 1 N–H and O–H groups in total. The summed E-state index contributed by atoms with van der Waals surface area (Å²) in [6, 6.07) is 10.6. The Morgan fingerprint density at radius 3 is 2.62 bits per heavy atom. The molecule has 0 saturated heterocycles. The van der Waals surface area contributed by atoms with E-state index < -0.39 is 23.4 Å². The van der Waals surface area contributed by atoms with Crippen LogP contribution >= 0.6 is 11.6 Å². The quantitative estimate of drug-likeness (QED) is 0.507. The lowest BCUT2D eigenvalue weighted by Crippen LogP contribution is -2.21. The number of carbonyl (C=O) groups excluding carboxylic acids is 2. The summed E-state index contributed by atoms with van der Waals surface area (Å²) >= 11 is 5.86. The maximum atomic E-state index is 11.8. The van der Waals surface area contributed by atoms with Crippen molar-refractivity contribution in [3.8, 4) is 0 Å². The summed E-state index contributed by atoms with van der Waals surface area (Å²) in [5.41, 5.74) is 0.757. The third-order valence-electron chi connectivity index (χ3n) is 3.12. The molecule has 0 radical (unpaired) electrons. The fraction of sp³-hybridized carbons (Fsp3) is 0.125. The Labute approximate surface area is 142 Å². The first-order chi connectivity index (χ1) is 11.4. The predicted octanol–water partition coefficient (Wildman–Crippen LogP) is 3.35. The van der Waals surface area contributed by atoms with Crippen molar-refractivity contribution in [2.45, 2.75) is 6.92 Å². The normalized spacial score (nSPS) is 10.1. The number of hydrogen-bond acceptors (Lipinski definition) is 5. The molecule has 0 aromatic heterocycles. The van der Waals surface area contributed by atoms with Gasteiger partial charge in [-0.25, -0.2) is 4.79 Å². The van der Waals surface area contributed by atoms with Gasteiger partial charge in [-0.2, -0.15) is 0 Å². The molecule has 0 unspecified atom stereocenters. The van der Waals surface area contributed by atoms with Gasteiger partial charge in [0.05, 0.1) is 15.5 Å². The first kappa shape index (κ1) is 17.4. The zero-order chi connectivity index (χ0) is 17.7. The molecule has 2 aromatic rings. The molecule has 0 aliphatic heterocycles. The van der Waals surface area contributed by atoms with E-state index in [0.29, 0.717) is 5.56 Å². The average molecular weight is 349 g/mol. The molecule has 124 valence electrons. The van der Waals surface area contributed by atoms with Crippen LogP contribution in [0, 0.1) is 17.0 Å². The molecule has 24 heavy (non-hydrogen) atoms. The van der Waals surface area contributed by atoms with Crippen molar-refractivity contribution in [2.24, 2.45) is 0 Å². The van der Waals surface area contributed by atoms with E-state index in [-0.39, 0.29) is 22.0 Å². The summed E-state index contributed by atoms with van der Waals surface area (Å²) in [7, 11) is 0. The molecule has 1 amide bonds. The van der Waals surface area contributed by atoms with E-state index in [1.54, 1.807) is 19.1 Å². The maximum Gasteiger partial charge on any atom is 0.340 e. The number of halogens is 1. The SMILES string of the molecule is Cc1ccc(NC(=O)COC(=O)c2ccccc2Cl)cc1[N+](=O)[O-]. The minimum atomic E-state index is -0.731. The van der Waals surface area contributed by atoms with Crippen LogP contribution in [0.5, 0.6) is 0 Å². The van der Waals surface area contributed by atoms with E-state index in [1.165, 1.54) is 30.3 Å². The highest BCUT2D eigenvalue weighted by molar-refractivity contribution is 6.33. The van der Waals surface area contributed by atoms with Crippen LogP contribution in [0.1, 0.15) is 15.9 Å². The lowest BCUT2D eigenvalue weighted by Gasteiger charge is -2.08. The summed E-state index contributed by atoms with van der Waals surface area (Å²) in [5.74, 6) is -1.35. The molecule has 8 heteroatoms. The van der Waals surface area contributed by atoms with Crippen LogP contribution in [0.2, 0.25) is 5.02 Å². The largest absolute Gasteiger partial charge is 0.452 e. The van der Waals surface area contributed by atoms with E-state index in [4.69, 9.17) is 16.3 Å². The van der Waals surface area contributed by atoms with Gasteiger partial charge in [-0.05, 0) is 25.1 Å². The molecule has 0 aliphatic carbocycles. The van der Waals surface area contributed by atoms with Crippen LogP contribution in [-0.4, -0.2) is 23.4 Å². The zero-order valence-corrected chi connectivity index (χ0v) is 13.4. The second-order valence-electron chi connectivity index (χ2n) is 4.86. The van der Waals surface area contributed by atoms with Gasteiger partial charge in [0.1, 0.15) is 0 Å². The fourth-order valence-corrected chi connectivity index (χ4v) is 2.13. The number of carbonyl (C=O) groups is 2. The van der Waals surface area contributed by atoms with Crippen LogP contribution in [-0.2, 0) is 9.53 Å². The van der Waals surface area contributed by atoms with Gasteiger partial charge in [-0.15, -0.1) is 0 Å². The van der Waals surface area contributed by atoms with Gasteiger partial charge in [0.2, 0.25) is 0 Å². The number of benzene rings is 2. The summed E-state index contributed by atoms with van der Waals surface area (Å²) in [5, 5.41) is 13.5. The van der Waals surface area contributed by atoms with Gasteiger partial charge in [0.25, 0.3) is 11.6 Å². The number of nitro benzene ring substituents is 1. The first-order valence-electron chi connectivity index (χ1n) is 6.85. The minimum absolute atomic E-state index is 0.110. The lowest BCUT2D eigenvalue weighted by atomic mass is 10.2. The van der Waals surface area contributed by atoms with E-state index in [9.17, 15) is 19.7 Å². The highest BCUT2D eigenvalue weighted by Gasteiger charge is 2.15. The van der Waals surface area contributed by atoms with Crippen molar-refractivity contribution >= 4 is 34.9 Å². The van der Waals surface area contributed by atoms with E-state index >= 15 is 0 Å². The third-order valence-corrected chi connectivity index (χ3v) is 3.45. The average Bonchev–Trinajstić information content (AvgIpc) is 2.54. The number of amides is 1. The smallest absolute Gasteiger partial charge is 0.340 e. The molecule has 7 nitrogen and oxygen atoms in total. The van der Waals surface area contributed by atoms with Crippen molar-refractivity contribution in [3.05, 3.63) is 68.7 Å². The van der Waals surface area contributed by atoms with Crippen molar-refractivity contribution in [1.29, 1.82) is 0 Å². The van der Waals surface area contributed by atoms with Crippen LogP contribution in [0.15, 0.2) is 42.5 Å². The molecule has 2 aromatic carbocycles. The van der Waals surface area contributed by atoms with Gasteiger partial charge in [0.15, 0.2) is 6.61 Å². The Bertz CT molecular complexity index is 807. The molecule has 0 spiro atoms. The fourth-order valence-electron chi connectivity index (χ4n) is 1.92. The summed E-state index contributed by atoms with van der Waals surface area (Å²) in [6.45, 7) is 1.06. The number of anilines is 1. The molecular weight excluding hydrogens is 336 g/mol. The molecule has 0 fully saturated rings. The van der Waals surface area contributed by atoms with Gasteiger partial charge in [-0.3, -0.25) is 14.9 Å². The van der Waals surface area contributed by atoms with Gasteiger partial charge in [-0.1, -0.05) is 29.8 Å². The number of ether oxygens (including phenoxy) is 1. The van der Waals surface area contributed by atoms with Gasteiger partial charge in [0, 0.05) is 17.3 Å². The number of aryl methyl sites for hydroxylation is 1. The number of nitro groups is 1. The van der Waals surface area contributed by atoms with Crippen LogP contribution in [0.25, 0.3) is 0 Å². The lowest BCUT2D eigenvalue weighted by molar-refractivity contribution is -0.385. The van der Waals surface area contributed by atoms with E-state index in [2.05, 4.69) is 5.32 Å². The Morgan fingerprint density at radius 2 is 1.96 bits per heavy atom. The number of esters is 1. The number of nitrogens with zero attached hydrogens (tertiary/aromatic N) is 1. The highest BCUT2D eigenvalue weighted by Crippen LogP contribution is 2.22. The van der Waals surface area contributed by atoms with Gasteiger partial charge < -0.3 is 10.1 Å². The monoisotopic (exact) mass is 348 g/mol. The Morgan fingerprint density at radius 1 is 1.25 bits per heavy atom. The summed E-state index contributed by atoms with van der Waals surface area (Å²) in [4.78, 5) is 34.0. The summed E-state index contributed by atoms with van der Waals surface area (Å²) < 4.78 is 4.88. The Balaban J connectivity index is 1.97. The molecule has 0 atom stereocenters. The van der Waals surface area contributed by atoms with E-state index in [0.717, 1.165) is 0 Å². The molecule has 0 heterocycles. The minimum Gasteiger partial charge on any atom is -0.452 e. The molecule has 2 rings (SSSR count). The Kier molecular flexibility index (Phi) is 5.49. The number of hydrogen-bond donors (Lipinski definition) is 1. The van der Waals surface area contributed by atoms with Crippen LogP contribution in [0.3, 0.4) is 0 Å². The Hall–Kier alpha value is -2.93. The van der Waals surface area contributed by atoms with Crippen molar-refractivity contribution in [3.63, 3.8) is 0 Å².